The van der Waals surface area contributed by atoms with Gasteiger partial charge in [-0.1, -0.05) is 26.0 Å². The van der Waals surface area contributed by atoms with Crippen molar-refractivity contribution in [3.8, 4) is 5.75 Å². The van der Waals surface area contributed by atoms with E-state index >= 15 is 0 Å². The minimum Gasteiger partial charge on any atom is -0.493 e. The molecule has 4 nitrogen and oxygen atoms in total. The topological polar surface area (TPSA) is 50.4 Å². The Hall–Kier alpha value is -1.20. The summed E-state index contributed by atoms with van der Waals surface area (Å²) in [6.07, 6.45) is 0.549. The number of thioether (sulfide) groups is 1. The number of hydrogen-bond acceptors (Lipinski definition) is 4. The number of hydrogen-bond donors (Lipinski definition) is 2. The van der Waals surface area contributed by atoms with Gasteiger partial charge in [0.25, 0.3) is 0 Å². The Balaban J connectivity index is 1.79. The summed E-state index contributed by atoms with van der Waals surface area (Å²) in [6, 6.07) is 8.30. The molecule has 0 spiro atoms. The molecule has 1 amide bonds. The molecule has 0 saturated carbocycles. The zero-order valence-electron chi connectivity index (χ0n) is 14.3. The third-order valence-corrected chi connectivity index (χ3v) is 4.90. The van der Waals surface area contributed by atoms with Gasteiger partial charge in [0.05, 0.1) is 12.6 Å². The van der Waals surface area contributed by atoms with Crippen molar-refractivity contribution in [2.45, 2.75) is 39.3 Å². The highest BCUT2D eigenvalue weighted by atomic mass is 32.2. The van der Waals surface area contributed by atoms with Gasteiger partial charge in [0.15, 0.2) is 0 Å². The van der Waals surface area contributed by atoms with Gasteiger partial charge in [-0.25, -0.2) is 0 Å². The predicted molar refractivity (Wildman–Crippen MR) is 97.1 cm³/mol. The van der Waals surface area contributed by atoms with E-state index in [9.17, 15) is 4.79 Å². The normalized spacial score (nSPS) is 19.4. The van der Waals surface area contributed by atoms with Crippen LogP contribution in [-0.4, -0.2) is 36.6 Å². The van der Waals surface area contributed by atoms with Gasteiger partial charge in [-0.2, -0.15) is 11.8 Å². The van der Waals surface area contributed by atoms with Crippen LogP contribution in [-0.2, 0) is 4.79 Å². The third-order valence-electron chi connectivity index (χ3n) is 3.77. The quantitative estimate of drug-likeness (QED) is 0.804. The van der Waals surface area contributed by atoms with E-state index in [0.717, 1.165) is 36.0 Å². The van der Waals surface area contributed by atoms with E-state index in [-0.39, 0.29) is 11.9 Å². The summed E-state index contributed by atoms with van der Waals surface area (Å²) in [5.41, 5.74) is 1.10. The lowest BCUT2D eigenvalue weighted by Crippen LogP contribution is -2.41. The van der Waals surface area contributed by atoms with E-state index in [2.05, 4.69) is 24.5 Å². The van der Waals surface area contributed by atoms with Crippen LogP contribution >= 0.6 is 11.8 Å². The molecule has 1 heterocycles. The molecule has 0 bridgehead atoms. The number of benzene rings is 1. The maximum atomic E-state index is 12.2. The summed E-state index contributed by atoms with van der Waals surface area (Å²) < 4.78 is 5.69. The molecule has 1 fully saturated rings. The average molecular weight is 337 g/mol. The molecule has 1 saturated heterocycles. The lowest BCUT2D eigenvalue weighted by Gasteiger charge is -2.23. The molecule has 1 aromatic rings. The Kier molecular flexibility index (Phi) is 7.24. The number of rotatable bonds is 7. The molecule has 0 radical (unpaired) electrons. The Labute approximate surface area is 143 Å². The van der Waals surface area contributed by atoms with Gasteiger partial charge in [0, 0.05) is 30.5 Å². The van der Waals surface area contributed by atoms with Crippen LogP contribution in [0.1, 0.15) is 38.8 Å². The van der Waals surface area contributed by atoms with Crippen molar-refractivity contribution < 1.29 is 9.53 Å². The van der Waals surface area contributed by atoms with E-state index in [1.165, 1.54) is 0 Å². The Morgan fingerprint density at radius 3 is 2.70 bits per heavy atom. The van der Waals surface area contributed by atoms with Crippen molar-refractivity contribution in [3.63, 3.8) is 0 Å². The van der Waals surface area contributed by atoms with Gasteiger partial charge in [0.2, 0.25) is 5.91 Å². The van der Waals surface area contributed by atoms with Crippen molar-refractivity contribution in [1.82, 2.24) is 10.6 Å². The van der Waals surface area contributed by atoms with Crippen LogP contribution in [0.5, 0.6) is 5.75 Å². The van der Waals surface area contributed by atoms with Crippen LogP contribution in [0.3, 0.4) is 0 Å². The fourth-order valence-electron chi connectivity index (χ4n) is 2.47. The highest BCUT2D eigenvalue weighted by molar-refractivity contribution is 7.99. The summed E-state index contributed by atoms with van der Waals surface area (Å²) in [4.78, 5) is 12.2. The van der Waals surface area contributed by atoms with Crippen LogP contribution in [0.15, 0.2) is 24.3 Å². The largest absolute Gasteiger partial charge is 0.493 e. The number of nitrogens with one attached hydrogen (secondary N) is 2. The van der Waals surface area contributed by atoms with E-state index in [1.807, 2.05) is 43.0 Å². The molecule has 2 atom stereocenters. The maximum Gasteiger partial charge on any atom is 0.222 e. The molecule has 128 valence electrons. The molecular formula is C18H28N2O2S. The fraction of sp³-hybridized carbons (Fsp3) is 0.611. The molecular weight excluding hydrogens is 308 g/mol. The van der Waals surface area contributed by atoms with E-state index in [1.54, 1.807) is 0 Å². The van der Waals surface area contributed by atoms with Crippen molar-refractivity contribution in [1.29, 1.82) is 0 Å². The molecule has 1 aliphatic rings. The zero-order chi connectivity index (χ0) is 16.7. The Morgan fingerprint density at radius 1 is 1.35 bits per heavy atom. The van der Waals surface area contributed by atoms with E-state index in [4.69, 9.17) is 4.74 Å². The van der Waals surface area contributed by atoms with Gasteiger partial charge in [-0.05, 0) is 30.5 Å². The highest BCUT2D eigenvalue weighted by Crippen LogP contribution is 2.18. The predicted octanol–water partition coefficient (Wildman–Crippen LogP) is 2.99. The summed E-state index contributed by atoms with van der Waals surface area (Å²) in [5, 5.41) is 6.48. The number of amides is 1. The first-order valence-corrected chi connectivity index (χ1v) is 9.53. The first-order valence-electron chi connectivity index (χ1n) is 8.38. The lowest BCUT2D eigenvalue weighted by molar-refractivity contribution is -0.122. The van der Waals surface area contributed by atoms with Gasteiger partial charge >= 0.3 is 0 Å². The minimum absolute atomic E-state index is 0.0119. The monoisotopic (exact) mass is 336 g/mol. The SMILES string of the molecule is CC(C)COc1ccc(C(C)NC(=O)CC2CSCCN2)cc1. The van der Waals surface area contributed by atoms with Crippen molar-refractivity contribution in [2.24, 2.45) is 5.92 Å². The zero-order valence-corrected chi connectivity index (χ0v) is 15.1. The average Bonchev–Trinajstić information content (AvgIpc) is 2.54. The van der Waals surface area contributed by atoms with E-state index < -0.39 is 0 Å². The van der Waals surface area contributed by atoms with Crippen LogP contribution < -0.4 is 15.4 Å². The summed E-state index contributed by atoms with van der Waals surface area (Å²) in [6.45, 7) is 8.00. The van der Waals surface area contributed by atoms with Crippen LogP contribution in [0, 0.1) is 5.92 Å². The molecule has 2 unspecified atom stereocenters. The molecule has 0 aromatic heterocycles. The smallest absolute Gasteiger partial charge is 0.222 e. The molecule has 2 N–H and O–H groups in total. The molecule has 2 rings (SSSR count). The van der Waals surface area contributed by atoms with Gasteiger partial charge < -0.3 is 15.4 Å². The number of carbonyl (C=O) groups excluding carboxylic acids is 1. The Morgan fingerprint density at radius 2 is 2.09 bits per heavy atom. The van der Waals surface area contributed by atoms with Crippen molar-refractivity contribution in [3.05, 3.63) is 29.8 Å². The molecule has 23 heavy (non-hydrogen) atoms. The first kappa shape index (κ1) is 18.1. The van der Waals surface area contributed by atoms with Crippen molar-refractivity contribution in [2.75, 3.05) is 24.7 Å². The summed E-state index contributed by atoms with van der Waals surface area (Å²) in [7, 11) is 0. The minimum atomic E-state index is 0.0119. The Bertz CT molecular complexity index is 484. The second-order valence-electron chi connectivity index (χ2n) is 6.49. The van der Waals surface area contributed by atoms with Gasteiger partial charge in [-0.3, -0.25) is 4.79 Å². The fourth-order valence-corrected chi connectivity index (χ4v) is 3.42. The first-order chi connectivity index (χ1) is 11.0. The van der Waals surface area contributed by atoms with Gasteiger partial charge in [0.1, 0.15) is 5.75 Å². The molecule has 0 aliphatic carbocycles. The second kappa shape index (κ2) is 9.18. The highest BCUT2D eigenvalue weighted by Gasteiger charge is 2.18. The summed E-state index contributed by atoms with van der Waals surface area (Å²) in [5.74, 6) is 3.66. The standard InChI is InChI=1S/C18H28N2O2S/c1-13(2)11-22-17-6-4-15(5-7-17)14(3)20-18(21)10-16-12-23-9-8-19-16/h4-7,13-14,16,19H,8-12H2,1-3H3,(H,20,21). The second-order valence-corrected chi connectivity index (χ2v) is 7.64. The number of carbonyl (C=O) groups is 1. The molecule has 5 heteroatoms. The maximum absolute atomic E-state index is 12.2. The third kappa shape index (κ3) is 6.43. The lowest BCUT2D eigenvalue weighted by atomic mass is 10.1. The summed E-state index contributed by atoms with van der Waals surface area (Å²) >= 11 is 1.91. The van der Waals surface area contributed by atoms with E-state index in [0.29, 0.717) is 18.4 Å². The number of ether oxygens (including phenoxy) is 1. The van der Waals surface area contributed by atoms with Crippen LogP contribution in [0.25, 0.3) is 0 Å². The van der Waals surface area contributed by atoms with Crippen LogP contribution in [0.2, 0.25) is 0 Å². The molecule has 1 aliphatic heterocycles. The van der Waals surface area contributed by atoms with Crippen molar-refractivity contribution >= 4 is 17.7 Å². The van der Waals surface area contributed by atoms with Gasteiger partial charge in [-0.15, -0.1) is 0 Å². The molecule has 1 aromatic carbocycles. The van der Waals surface area contributed by atoms with Crippen LogP contribution in [0.4, 0.5) is 0 Å².